The Balaban J connectivity index is 3.23. The number of hydrogen-bond donors (Lipinski definition) is 1. The van der Waals surface area contributed by atoms with Gasteiger partial charge < -0.3 is 10.0 Å². The molecule has 0 radical (unpaired) electrons. The first-order valence-corrected chi connectivity index (χ1v) is 8.45. The minimum absolute atomic E-state index is 0.0955. The van der Waals surface area contributed by atoms with Crippen molar-refractivity contribution in [2.24, 2.45) is 11.8 Å². The Morgan fingerprint density at radius 3 is 2.36 bits per heavy atom. The van der Waals surface area contributed by atoms with Crippen LogP contribution >= 0.6 is 11.3 Å². The quantitative estimate of drug-likeness (QED) is 0.856. The van der Waals surface area contributed by atoms with Crippen LogP contribution in [-0.4, -0.2) is 24.2 Å². The van der Waals surface area contributed by atoms with Gasteiger partial charge in [0.2, 0.25) is 0 Å². The predicted octanol–water partition coefficient (Wildman–Crippen LogP) is 4.10. The molecule has 122 valence electrons. The van der Waals surface area contributed by atoms with Crippen LogP contribution in [-0.2, 0) is 10.2 Å². The van der Waals surface area contributed by atoms with Crippen LogP contribution in [0.1, 0.15) is 52.7 Å². The van der Waals surface area contributed by atoms with Crippen molar-refractivity contribution in [2.75, 3.05) is 18.0 Å². The molecule has 0 amide bonds. The zero-order valence-electron chi connectivity index (χ0n) is 14.3. The predicted molar refractivity (Wildman–Crippen MR) is 91.6 cm³/mol. The molecule has 0 spiro atoms. The fraction of sp³-hybridized carbons (Fsp3) is 0.647. The largest absolute Gasteiger partial charge is 0.481 e. The second-order valence-corrected chi connectivity index (χ2v) is 8.09. The van der Waals surface area contributed by atoms with Gasteiger partial charge in [-0.2, -0.15) is 5.26 Å². The first-order chi connectivity index (χ1) is 10.1. The second kappa shape index (κ2) is 7.15. The van der Waals surface area contributed by atoms with Crippen LogP contribution in [0, 0.1) is 23.2 Å². The van der Waals surface area contributed by atoms with Crippen molar-refractivity contribution in [2.45, 2.75) is 47.0 Å². The average Bonchev–Trinajstić information content (AvgIpc) is 2.80. The summed E-state index contributed by atoms with van der Waals surface area (Å²) in [4.78, 5) is 13.2. The van der Waals surface area contributed by atoms with E-state index in [2.05, 4.69) is 45.6 Å². The van der Waals surface area contributed by atoms with E-state index in [1.807, 2.05) is 5.38 Å². The van der Waals surface area contributed by atoms with Gasteiger partial charge in [-0.3, -0.25) is 4.79 Å². The lowest BCUT2D eigenvalue weighted by atomic mass is 9.86. The minimum Gasteiger partial charge on any atom is -0.481 e. The Morgan fingerprint density at radius 1 is 1.36 bits per heavy atom. The topological polar surface area (TPSA) is 64.3 Å². The van der Waals surface area contributed by atoms with Gasteiger partial charge in [-0.1, -0.05) is 41.5 Å². The molecule has 0 fully saturated rings. The number of thiophene rings is 1. The van der Waals surface area contributed by atoms with E-state index in [9.17, 15) is 15.2 Å². The summed E-state index contributed by atoms with van der Waals surface area (Å²) in [5, 5.41) is 21.7. The number of nitrogens with zero attached hydrogens (tertiary/aromatic N) is 2. The molecule has 5 heteroatoms. The molecule has 0 aliphatic rings. The maximum atomic E-state index is 11.2. The van der Waals surface area contributed by atoms with Crippen LogP contribution in [0.15, 0.2) is 5.38 Å². The molecule has 1 aromatic rings. The first-order valence-electron chi connectivity index (χ1n) is 7.57. The number of nitriles is 1. The molecule has 0 aliphatic heterocycles. The van der Waals surface area contributed by atoms with Crippen molar-refractivity contribution in [3.05, 3.63) is 16.5 Å². The fourth-order valence-corrected chi connectivity index (χ4v) is 3.60. The molecular formula is C17H26N2O2S. The normalized spacial score (nSPS) is 13.0. The van der Waals surface area contributed by atoms with Gasteiger partial charge in [0.1, 0.15) is 11.1 Å². The third-order valence-electron chi connectivity index (χ3n) is 3.48. The highest BCUT2D eigenvalue weighted by atomic mass is 32.1. The molecule has 0 bridgehead atoms. The number of aliphatic carboxylic acids is 1. The van der Waals surface area contributed by atoms with Crippen LogP contribution in [0.25, 0.3) is 0 Å². The molecule has 1 aromatic heterocycles. The number of rotatable bonds is 6. The summed E-state index contributed by atoms with van der Waals surface area (Å²) in [6, 6.07) is 2.33. The van der Waals surface area contributed by atoms with Gasteiger partial charge in [0.25, 0.3) is 0 Å². The van der Waals surface area contributed by atoms with Gasteiger partial charge in [-0.25, -0.2) is 0 Å². The van der Waals surface area contributed by atoms with Gasteiger partial charge in [0, 0.05) is 13.1 Å². The molecule has 22 heavy (non-hydrogen) atoms. The molecule has 0 aliphatic carbocycles. The van der Waals surface area contributed by atoms with E-state index >= 15 is 0 Å². The summed E-state index contributed by atoms with van der Waals surface area (Å²) in [5.74, 6) is -0.877. The van der Waals surface area contributed by atoms with E-state index in [1.54, 1.807) is 18.3 Å². The van der Waals surface area contributed by atoms with Crippen molar-refractivity contribution in [1.29, 1.82) is 5.26 Å². The first kappa shape index (κ1) is 18.5. The van der Waals surface area contributed by atoms with Crippen molar-refractivity contribution >= 4 is 22.3 Å². The van der Waals surface area contributed by atoms with E-state index in [0.717, 1.165) is 17.1 Å². The van der Waals surface area contributed by atoms with Crippen molar-refractivity contribution in [3.8, 4) is 6.07 Å². The van der Waals surface area contributed by atoms with Crippen molar-refractivity contribution < 1.29 is 9.90 Å². The summed E-state index contributed by atoms with van der Waals surface area (Å²) < 4.78 is 0. The lowest BCUT2D eigenvalue weighted by Gasteiger charge is -2.28. The van der Waals surface area contributed by atoms with Crippen LogP contribution < -0.4 is 4.90 Å². The molecular weight excluding hydrogens is 296 g/mol. The lowest BCUT2D eigenvalue weighted by Crippen LogP contribution is -2.34. The zero-order valence-corrected chi connectivity index (χ0v) is 15.1. The van der Waals surface area contributed by atoms with E-state index in [4.69, 9.17) is 0 Å². The van der Waals surface area contributed by atoms with Gasteiger partial charge in [-0.15, -0.1) is 11.3 Å². The number of carboxylic acids is 1. The summed E-state index contributed by atoms with van der Waals surface area (Å²) in [7, 11) is 0. The number of carbonyl (C=O) groups is 1. The Kier molecular flexibility index (Phi) is 6.01. The monoisotopic (exact) mass is 322 g/mol. The molecule has 0 saturated heterocycles. The molecule has 1 atom stereocenters. The maximum Gasteiger partial charge on any atom is 0.308 e. The lowest BCUT2D eigenvalue weighted by molar-refractivity contribution is -0.140. The van der Waals surface area contributed by atoms with Gasteiger partial charge in [0.05, 0.1) is 11.5 Å². The molecule has 4 nitrogen and oxygen atoms in total. The highest BCUT2D eigenvalue weighted by Gasteiger charge is 2.26. The van der Waals surface area contributed by atoms with E-state index in [-0.39, 0.29) is 5.41 Å². The number of hydrogen-bond acceptors (Lipinski definition) is 4. The van der Waals surface area contributed by atoms with Crippen molar-refractivity contribution in [3.63, 3.8) is 0 Å². The fourth-order valence-electron chi connectivity index (χ4n) is 2.33. The second-order valence-electron chi connectivity index (χ2n) is 7.23. The Labute approximate surface area is 137 Å². The van der Waals surface area contributed by atoms with Crippen LogP contribution in [0.3, 0.4) is 0 Å². The number of carboxylic acid groups (broad SMARTS) is 1. The Hall–Kier alpha value is -1.54. The van der Waals surface area contributed by atoms with Gasteiger partial charge in [-0.05, 0) is 22.3 Å². The third-order valence-corrected chi connectivity index (χ3v) is 4.52. The summed E-state index contributed by atoms with van der Waals surface area (Å²) >= 11 is 1.54. The van der Waals surface area contributed by atoms with E-state index in [0.29, 0.717) is 18.0 Å². The molecule has 1 N–H and O–H groups in total. The van der Waals surface area contributed by atoms with E-state index < -0.39 is 11.9 Å². The molecule has 0 aromatic carbocycles. The van der Waals surface area contributed by atoms with E-state index in [1.165, 1.54) is 0 Å². The Morgan fingerprint density at radius 2 is 1.95 bits per heavy atom. The van der Waals surface area contributed by atoms with Gasteiger partial charge >= 0.3 is 5.97 Å². The highest BCUT2D eigenvalue weighted by Crippen LogP contribution is 2.38. The van der Waals surface area contributed by atoms with Crippen molar-refractivity contribution in [1.82, 2.24) is 0 Å². The highest BCUT2D eigenvalue weighted by molar-refractivity contribution is 7.14. The Bertz CT molecular complexity index is 564. The standard InChI is InChI=1S/C17H26N2O2S/c1-11(2)8-19(9-12(3)16(20)21)15-13(7-18)14(10-22-15)17(4,5)6/h10-12H,8-9H2,1-6H3,(H,20,21). The summed E-state index contributed by atoms with van der Waals surface area (Å²) in [6.07, 6.45) is 0. The zero-order chi connectivity index (χ0) is 17.1. The maximum absolute atomic E-state index is 11.2. The molecule has 1 heterocycles. The molecule has 1 rings (SSSR count). The SMILES string of the molecule is CC(C)CN(CC(C)C(=O)O)c1scc(C(C)(C)C)c1C#N. The number of anilines is 1. The summed E-state index contributed by atoms with van der Waals surface area (Å²) in [5.41, 5.74) is 1.63. The van der Waals surface area contributed by atoms with Crippen LogP contribution in [0.5, 0.6) is 0 Å². The van der Waals surface area contributed by atoms with Gasteiger partial charge in [0.15, 0.2) is 0 Å². The average molecular weight is 322 g/mol. The minimum atomic E-state index is -0.806. The van der Waals surface area contributed by atoms with Crippen LogP contribution in [0.4, 0.5) is 5.00 Å². The molecule has 1 unspecified atom stereocenters. The van der Waals surface area contributed by atoms with Crippen LogP contribution in [0.2, 0.25) is 0 Å². The summed E-state index contributed by atoms with van der Waals surface area (Å²) in [6.45, 7) is 13.3. The third kappa shape index (κ3) is 4.48. The smallest absolute Gasteiger partial charge is 0.308 e. The molecule has 0 saturated carbocycles.